The normalized spacial score (nSPS) is 23.2. The fourth-order valence-electron chi connectivity index (χ4n) is 2.38. The van der Waals surface area contributed by atoms with Gasteiger partial charge in [-0.2, -0.15) is 0 Å². The first-order valence-corrected chi connectivity index (χ1v) is 6.96. The molecule has 5 nitrogen and oxygen atoms in total. The van der Waals surface area contributed by atoms with Gasteiger partial charge >= 0.3 is 12.0 Å². The Balaban J connectivity index is 2.75. The van der Waals surface area contributed by atoms with E-state index < -0.39 is 11.4 Å². The molecule has 1 atom stereocenters. The van der Waals surface area contributed by atoms with E-state index in [4.69, 9.17) is 0 Å². The molecule has 1 fully saturated rings. The van der Waals surface area contributed by atoms with Crippen LogP contribution in [0.25, 0.3) is 0 Å². The Labute approximate surface area is 115 Å². The molecule has 5 heteroatoms. The number of carboxylic acid groups (broad SMARTS) is 1. The fourth-order valence-corrected chi connectivity index (χ4v) is 2.38. The highest BCUT2D eigenvalue weighted by atomic mass is 16.4. The summed E-state index contributed by atoms with van der Waals surface area (Å²) in [5, 5.41) is 9.21. The molecule has 1 saturated heterocycles. The van der Waals surface area contributed by atoms with Crippen molar-refractivity contribution in [3.63, 3.8) is 0 Å². The van der Waals surface area contributed by atoms with Crippen LogP contribution in [0.5, 0.6) is 0 Å². The number of hydrogen-bond acceptors (Lipinski definition) is 2. The predicted molar refractivity (Wildman–Crippen MR) is 74.0 cm³/mol. The van der Waals surface area contributed by atoms with Crippen LogP contribution in [0.1, 0.15) is 41.0 Å². The van der Waals surface area contributed by atoms with Crippen LogP contribution < -0.4 is 0 Å². The minimum absolute atomic E-state index is 0.0336. The molecule has 1 N–H and O–H groups in total. The van der Waals surface area contributed by atoms with Gasteiger partial charge in [-0.1, -0.05) is 13.8 Å². The Hall–Kier alpha value is -1.26. The number of amides is 2. The fraction of sp³-hybridized carbons (Fsp3) is 0.857. The molecule has 0 radical (unpaired) electrons. The smallest absolute Gasteiger partial charge is 0.320 e. The molecule has 0 aliphatic carbocycles. The van der Waals surface area contributed by atoms with E-state index in [0.29, 0.717) is 32.0 Å². The number of likely N-dealkylation sites (tertiary alicyclic amines) is 1. The third kappa shape index (κ3) is 3.61. The second kappa shape index (κ2) is 5.80. The van der Waals surface area contributed by atoms with Crippen molar-refractivity contribution in [3.05, 3.63) is 0 Å². The van der Waals surface area contributed by atoms with Crippen LogP contribution in [0.2, 0.25) is 0 Å². The molecule has 2 amide bonds. The Bertz CT molecular complexity index is 355. The molecule has 0 aromatic carbocycles. The van der Waals surface area contributed by atoms with Crippen molar-refractivity contribution in [2.24, 2.45) is 11.3 Å². The van der Waals surface area contributed by atoms with Crippen molar-refractivity contribution >= 4 is 12.0 Å². The number of rotatable bonds is 4. The Kier molecular flexibility index (Phi) is 4.82. The van der Waals surface area contributed by atoms with Crippen molar-refractivity contribution in [1.82, 2.24) is 9.80 Å². The molecule has 0 spiro atoms. The summed E-state index contributed by atoms with van der Waals surface area (Å²) in [6.45, 7) is 11.4. The minimum atomic E-state index is -0.817. The SMILES string of the molecule is CC(C)CN(C(=O)N1CCC(C)(C(=O)O)C1)C(C)C. The van der Waals surface area contributed by atoms with Gasteiger partial charge in [-0.05, 0) is 33.1 Å². The van der Waals surface area contributed by atoms with Gasteiger partial charge in [0, 0.05) is 25.7 Å². The molecule has 0 aromatic heterocycles. The summed E-state index contributed by atoms with van der Waals surface area (Å²) in [6.07, 6.45) is 0.529. The average Bonchev–Trinajstić information content (AvgIpc) is 2.69. The predicted octanol–water partition coefficient (Wildman–Crippen LogP) is 2.27. The van der Waals surface area contributed by atoms with Crippen LogP contribution in [0.4, 0.5) is 4.79 Å². The second-order valence-corrected chi connectivity index (χ2v) is 6.46. The van der Waals surface area contributed by atoms with E-state index in [2.05, 4.69) is 13.8 Å². The third-order valence-electron chi connectivity index (χ3n) is 3.69. The summed E-state index contributed by atoms with van der Waals surface area (Å²) in [7, 11) is 0. The topological polar surface area (TPSA) is 60.9 Å². The van der Waals surface area contributed by atoms with Crippen molar-refractivity contribution in [1.29, 1.82) is 0 Å². The summed E-state index contributed by atoms with van der Waals surface area (Å²) in [5.74, 6) is -0.414. The monoisotopic (exact) mass is 270 g/mol. The number of carbonyl (C=O) groups excluding carboxylic acids is 1. The Morgan fingerprint density at radius 1 is 1.32 bits per heavy atom. The van der Waals surface area contributed by atoms with Gasteiger partial charge in [0.1, 0.15) is 0 Å². The lowest BCUT2D eigenvalue weighted by atomic mass is 9.90. The van der Waals surface area contributed by atoms with Gasteiger partial charge in [0.25, 0.3) is 0 Å². The van der Waals surface area contributed by atoms with Gasteiger partial charge in [-0.3, -0.25) is 4.79 Å². The molecular formula is C14H26N2O3. The first kappa shape index (κ1) is 15.8. The lowest BCUT2D eigenvalue weighted by Gasteiger charge is -2.33. The van der Waals surface area contributed by atoms with Crippen LogP contribution in [-0.2, 0) is 4.79 Å². The number of urea groups is 1. The van der Waals surface area contributed by atoms with Gasteiger partial charge in [0.2, 0.25) is 0 Å². The molecule has 1 unspecified atom stereocenters. The summed E-state index contributed by atoms with van der Waals surface area (Å²) >= 11 is 0. The van der Waals surface area contributed by atoms with Gasteiger partial charge in [-0.25, -0.2) is 4.79 Å². The molecule has 1 heterocycles. The standard InChI is InChI=1S/C14H26N2O3/c1-10(2)8-16(11(3)4)13(19)15-7-6-14(5,9-15)12(17)18/h10-11H,6-9H2,1-5H3,(H,17,18). The van der Waals surface area contributed by atoms with E-state index in [1.807, 2.05) is 18.7 Å². The maximum absolute atomic E-state index is 12.5. The van der Waals surface area contributed by atoms with E-state index in [9.17, 15) is 14.7 Å². The van der Waals surface area contributed by atoms with E-state index in [0.717, 1.165) is 0 Å². The Morgan fingerprint density at radius 3 is 2.26 bits per heavy atom. The van der Waals surface area contributed by atoms with Crippen LogP contribution in [0.15, 0.2) is 0 Å². The van der Waals surface area contributed by atoms with E-state index in [1.165, 1.54) is 0 Å². The molecule has 19 heavy (non-hydrogen) atoms. The lowest BCUT2D eigenvalue weighted by molar-refractivity contribution is -0.147. The van der Waals surface area contributed by atoms with Crippen LogP contribution in [-0.4, -0.2) is 52.6 Å². The highest BCUT2D eigenvalue weighted by molar-refractivity contribution is 5.79. The molecule has 110 valence electrons. The largest absolute Gasteiger partial charge is 0.481 e. The third-order valence-corrected chi connectivity index (χ3v) is 3.69. The van der Waals surface area contributed by atoms with E-state index >= 15 is 0 Å². The molecule has 1 aliphatic rings. The number of nitrogens with zero attached hydrogens (tertiary/aromatic N) is 2. The van der Waals surface area contributed by atoms with Gasteiger partial charge in [0.15, 0.2) is 0 Å². The average molecular weight is 270 g/mol. The molecule has 1 rings (SSSR count). The van der Waals surface area contributed by atoms with Gasteiger partial charge in [-0.15, -0.1) is 0 Å². The van der Waals surface area contributed by atoms with Crippen molar-refractivity contribution in [2.75, 3.05) is 19.6 Å². The van der Waals surface area contributed by atoms with E-state index in [1.54, 1.807) is 11.8 Å². The van der Waals surface area contributed by atoms with Crippen LogP contribution in [0, 0.1) is 11.3 Å². The van der Waals surface area contributed by atoms with Crippen LogP contribution in [0.3, 0.4) is 0 Å². The zero-order chi connectivity index (χ0) is 14.8. The lowest BCUT2D eigenvalue weighted by Crippen LogP contribution is -2.48. The summed E-state index contributed by atoms with van der Waals surface area (Å²) in [6, 6.07) is 0.0975. The first-order valence-electron chi connectivity index (χ1n) is 6.96. The van der Waals surface area contributed by atoms with Crippen molar-refractivity contribution in [3.8, 4) is 0 Å². The maximum Gasteiger partial charge on any atom is 0.320 e. The van der Waals surface area contributed by atoms with Gasteiger partial charge in [0.05, 0.1) is 5.41 Å². The van der Waals surface area contributed by atoms with Gasteiger partial charge < -0.3 is 14.9 Å². The zero-order valence-corrected chi connectivity index (χ0v) is 12.6. The van der Waals surface area contributed by atoms with Crippen LogP contribution >= 0.6 is 0 Å². The highest BCUT2D eigenvalue weighted by Crippen LogP contribution is 2.31. The molecule has 1 aliphatic heterocycles. The van der Waals surface area contributed by atoms with Crippen molar-refractivity contribution in [2.45, 2.75) is 47.1 Å². The number of hydrogen-bond donors (Lipinski definition) is 1. The molecular weight excluding hydrogens is 244 g/mol. The molecule has 0 saturated carbocycles. The number of aliphatic carboxylic acids is 1. The molecule has 0 aromatic rings. The quantitative estimate of drug-likeness (QED) is 0.852. The van der Waals surface area contributed by atoms with E-state index in [-0.39, 0.29) is 12.1 Å². The number of carboxylic acids is 1. The summed E-state index contributed by atoms with van der Waals surface area (Å²) in [5.41, 5.74) is -0.795. The van der Waals surface area contributed by atoms with Crippen molar-refractivity contribution < 1.29 is 14.7 Å². The maximum atomic E-state index is 12.5. The summed E-state index contributed by atoms with van der Waals surface area (Å²) < 4.78 is 0. The highest BCUT2D eigenvalue weighted by Gasteiger charge is 2.43. The number of carbonyl (C=O) groups is 2. The zero-order valence-electron chi connectivity index (χ0n) is 12.6. The minimum Gasteiger partial charge on any atom is -0.481 e. The Morgan fingerprint density at radius 2 is 1.89 bits per heavy atom. The first-order chi connectivity index (χ1) is 8.67. The molecule has 0 bridgehead atoms. The summed E-state index contributed by atoms with van der Waals surface area (Å²) in [4.78, 5) is 27.2. The second-order valence-electron chi connectivity index (χ2n) is 6.46.